The fourth-order valence-electron chi connectivity index (χ4n) is 3.56. The zero-order valence-corrected chi connectivity index (χ0v) is 13.7. The number of rotatable bonds is 4. The Hall–Kier alpha value is -0.610. The highest BCUT2D eigenvalue weighted by atomic mass is 35.5. The summed E-state index contributed by atoms with van der Waals surface area (Å²) in [7, 11) is 2.02. The molecule has 1 N–H and O–H groups in total. The number of halogens is 1. The normalized spacial score (nSPS) is 27.6. The first-order valence-corrected chi connectivity index (χ1v) is 8.33. The third kappa shape index (κ3) is 3.42. The van der Waals surface area contributed by atoms with Crippen LogP contribution in [0.1, 0.15) is 24.0 Å². The van der Waals surface area contributed by atoms with Gasteiger partial charge in [0.25, 0.3) is 0 Å². The Balaban J connectivity index is 1.67. The highest BCUT2D eigenvalue weighted by molar-refractivity contribution is 6.31. The van der Waals surface area contributed by atoms with Gasteiger partial charge in [0.05, 0.1) is 12.7 Å². The molecule has 0 saturated carbocycles. The predicted octanol–water partition coefficient (Wildman–Crippen LogP) is 2.64. The number of hydrogen-bond acceptors (Lipinski definition) is 3. The van der Waals surface area contributed by atoms with E-state index < -0.39 is 0 Å². The SMILES string of the molecule is CNC(Cc1ccc(C)cc1Cl)C1CN2CCCC2CO1. The summed E-state index contributed by atoms with van der Waals surface area (Å²) in [6.45, 7) is 5.22. The number of fused-ring (bicyclic) bond motifs is 1. The van der Waals surface area contributed by atoms with E-state index in [2.05, 4.69) is 29.3 Å². The molecule has 2 heterocycles. The molecule has 3 rings (SSSR count). The van der Waals surface area contributed by atoms with E-state index in [1.807, 2.05) is 13.1 Å². The van der Waals surface area contributed by atoms with E-state index >= 15 is 0 Å². The summed E-state index contributed by atoms with van der Waals surface area (Å²) < 4.78 is 6.13. The molecule has 2 fully saturated rings. The molecule has 0 aliphatic carbocycles. The fourth-order valence-corrected chi connectivity index (χ4v) is 3.87. The first-order chi connectivity index (χ1) is 10.2. The minimum absolute atomic E-state index is 0.252. The van der Waals surface area contributed by atoms with E-state index in [0.29, 0.717) is 12.1 Å². The van der Waals surface area contributed by atoms with Crippen molar-refractivity contribution >= 4 is 11.6 Å². The average molecular weight is 309 g/mol. The van der Waals surface area contributed by atoms with E-state index in [1.165, 1.54) is 30.5 Å². The molecule has 0 spiro atoms. The second-order valence-corrected chi connectivity index (χ2v) is 6.76. The van der Waals surface area contributed by atoms with Gasteiger partial charge in [-0.3, -0.25) is 4.90 Å². The third-order valence-electron chi connectivity index (χ3n) is 4.88. The van der Waals surface area contributed by atoms with Crippen LogP contribution in [0.15, 0.2) is 18.2 Å². The summed E-state index contributed by atoms with van der Waals surface area (Å²) >= 11 is 6.38. The largest absolute Gasteiger partial charge is 0.374 e. The number of morpholine rings is 1. The Bertz CT molecular complexity index is 494. The van der Waals surface area contributed by atoms with Crippen molar-refractivity contribution in [2.75, 3.05) is 26.7 Å². The van der Waals surface area contributed by atoms with Crippen LogP contribution in [-0.2, 0) is 11.2 Å². The molecule has 0 radical (unpaired) electrons. The van der Waals surface area contributed by atoms with Crippen LogP contribution in [0, 0.1) is 6.92 Å². The van der Waals surface area contributed by atoms with Crippen LogP contribution >= 0.6 is 11.6 Å². The quantitative estimate of drug-likeness (QED) is 0.925. The van der Waals surface area contributed by atoms with Crippen molar-refractivity contribution in [3.05, 3.63) is 34.3 Å². The number of ether oxygens (including phenoxy) is 1. The summed E-state index contributed by atoms with van der Waals surface area (Å²) in [5.41, 5.74) is 2.41. The van der Waals surface area contributed by atoms with Gasteiger partial charge in [0.15, 0.2) is 0 Å². The Labute approximate surface area is 132 Å². The number of hydrogen-bond donors (Lipinski definition) is 1. The molecule has 0 bridgehead atoms. The minimum atomic E-state index is 0.252. The maximum atomic E-state index is 6.38. The van der Waals surface area contributed by atoms with E-state index in [1.54, 1.807) is 0 Å². The summed E-state index contributed by atoms with van der Waals surface area (Å²) in [6.07, 6.45) is 3.77. The van der Waals surface area contributed by atoms with Gasteiger partial charge < -0.3 is 10.1 Å². The molecule has 3 unspecified atom stereocenters. The van der Waals surface area contributed by atoms with Gasteiger partial charge >= 0.3 is 0 Å². The summed E-state index contributed by atoms with van der Waals surface area (Å²) in [5.74, 6) is 0. The average Bonchev–Trinajstić information content (AvgIpc) is 2.94. The number of aryl methyl sites for hydroxylation is 1. The van der Waals surface area contributed by atoms with Gasteiger partial charge in [-0.25, -0.2) is 0 Å². The molecule has 1 aromatic rings. The van der Waals surface area contributed by atoms with Crippen LogP contribution < -0.4 is 5.32 Å². The first-order valence-electron chi connectivity index (χ1n) is 7.95. The second-order valence-electron chi connectivity index (χ2n) is 6.36. The summed E-state index contributed by atoms with van der Waals surface area (Å²) in [4.78, 5) is 2.59. The van der Waals surface area contributed by atoms with Crippen LogP contribution in [0.2, 0.25) is 5.02 Å². The van der Waals surface area contributed by atoms with Crippen molar-refractivity contribution in [2.24, 2.45) is 0 Å². The van der Waals surface area contributed by atoms with E-state index in [0.717, 1.165) is 24.6 Å². The monoisotopic (exact) mass is 308 g/mol. The molecule has 0 amide bonds. The third-order valence-corrected chi connectivity index (χ3v) is 5.24. The van der Waals surface area contributed by atoms with Crippen molar-refractivity contribution in [1.82, 2.24) is 10.2 Å². The standard InChI is InChI=1S/C17H25ClN2O/c1-12-5-6-13(15(18)8-12)9-16(19-2)17-10-20-7-3-4-14(20)11-21-17/h5-6,8,14,16-17,19H,3-4,7,9-11H2,1-2H3. The molecular formula is C17H25ClN2O. The number of nitrogens with zero attached hydrogens (tertiary/aromatic N) is 1. The molecule has 2 aliphatic heterocycles. The van der Waals surface area contributed by atoms with Gasteiger partial charge in [0.2, 0.25) is 0 Å². The van der Waals surface area contributed by atoms with Gasteiger partial charge in [0, 0.05) is 23.7 Å². The molecule has 3 atom stereocenters. The van der Waals surface area contributed by atoms with Crippen LogP contribution in [0.25, 0.3) is 0 Å². The summed E-state index contributed by atoms with van der Waals surface area (Å²) in [5, 5.41) is 4.30. The van der Waals surface area contributed by atoms with Crippen LogP contribution in [0.3, 0.4) is 0 Å². The molecule has 1 aromatic carbocycles. The maximum Gasteiger partial charge on any atom is 0.0858 e. The van der Waals surface area contributed by atoms with Crippen LogP contribution in [0.5, 0.6) is 0 Å². The van der Waals surface area contributed by atoms with Crippen molar-refractivity contribution < 1.29 is 4.74 Å². The lowest BCUT2D eigenvalue weighted by Gasteiger charge is -2.39. The van der Waals surface area contributed by atoms with E-state index in [-0.39, 0.29) is 6.10 Å². The van der Waals surface area contributed by atoms with Crippen molar-refractivity contribution in [3.63, 3.8) is 0 Å². The molecule has 21 heavy (non-hydrogen) atoms. The van der Waals surface area contributed by atoms with Gasteiger partial charge in [0.1, 0.15) is 0 Å². The Morgan fingerprint density at radius 1 is 1.48 bits per heavy atom. The van der Waals surface area contributed by atoms with E-state index in [9.17, 15) is 0 Å². The molecule has 2 aliphatic rings. The predicted molar refractivity (Wildman–Crippen MR) is 87.1 cm³/mol. The van der Waals surface area contributed by atoms with Gasteiger partial charge in [-0.2, -0.15) is 0 Å². The van der Waals surface area contributed by atoms with E-state index in [4.69, 9.17) is 16.3 Å². The Kier molecular flexibility index (Phi) is 4.85. The molecular weight excluding hydrogens is 284 g/mol. The Morgan fingerprint density at radius 2 is 2.33 bits per heavy atom. The van der Waals surface area contributed by atoms with Crippen molar-refractivity contribution in [3.8, 4) is 0 Å². The zero-order chi connectivity index (χ0) is 14.8. The number of likely N-dealkylation sites (N-methyl/N-ethyl adjacent to an activating group) is 1. The van der Waals surface area contributed by atoms with Crippen LogP contribution in [-0.4, -0.2) is 49.8 Å². The lowest BCUT2D eigenvalue weighted by molar-refractivity contribution is -0.0634. The maximum absolute atomic E-state index is 6.38. The highest BCUT2D eigenvalue weighted by Gasteiger charge is 2.35. The smallest absolute Gasteiger partial charge is 0.0858 e. The topological polar surface area (TPSA) is 24.5 Å². The molecule has 116 valence electrons. The highest BCUT2D eigenvalue weighted by Crippen LogP contribution is 2.26. The summed E-state index contributed by atoms with van der Waals surface area (Å²) in [6, 6.07) is 7.28. The molecule has 4 heteroatoms. The lowest BCUT2D eigenvalue weighted by Crippen LogP contribution is -2.54. The van der Waals surface area contributed by atoms with Gasteiger partial charge in [-0.15, -0.1) is 0 Å². The molecule has 2 saturated heterocycles. The first kappa shape index (κ1) is 15.3. The van der Waals surface area contributed by atoms with Crippen molar-refractivity contribution in [2.45, 2.75) is 44.4 Å². The van der Waals surface area contributed by atoms with Crippen molar-refractivity contribution in [1.29, 1.82) is 0 Å². The fraction of sp³-hybridized carbons (Fsp3) is 0.647. The zero-order valence-electron chi connectivity index (χ0n) is 12.9. The minimum Gasteiger partial charge on any atom is -0.374 e. The Morgan fingerprint density at radius 3 is 3.10 bits per heavy atom. The van der Waals surface area contributed by atoms with Crippen LogP contribution in [0.4, 0.5) is 0 Å². The lowest BCUT2D eigenvalue weighted by atomic mass is 9.98. The molecule has 3 nitrogen and oxygen atoms in total. The second kappa shape index (κ2) is 6.66. The van der Waals surface area contributed by atoms with Gasteiger partial charge in [-0.05, 0) is 57.0 Å². The number of benzene rings is 1. The van der Waals surface area contributed by atoms with Gasteiger partial charge in [-0.1, -0.05) is 23.7 Å². The molecule has 0 aromatic heterocycles. The number of nitrogens with one attached hydrogen (secondary N) is 1.